The second kappa shape index (κ2) is 6.23. The van der Waals surface area contributed by atoms with Gasteiger partial charge in [0.05, 0.1) is 18.2 Å². The van der Waals surface area contributed by atoms with Crippen molar-refractivity contribution < 1.29 is 19.0 Å². The van der Waals surface area contributed by atoms with Gasteiger partial charge in [-0.1, -0.05) is 60.7 Å². The highest BCUT2D eigenvalue weighted by atomic mass is 16.7. The van der Waals surface area contributed by atoms with Crippen LogP contribution in [0.2, 0.25) is 0 Å². The molecule has 1 N–H and O–H groups in total. The van der Waals surface area contributed by atoms with Crippen molar-refractivity contribution in [2.45, 2.75) is 24.5 Å². The molecule has 2 fully saturated rings. The Balaban J connectivity index is 1.48. The molecule has 0 unspecified atom stereocenters. The highest BCUT2D eigenvalue weighted by molar-refractivity contribution is 6.07. The van der Waals surface area contributed by atoms with Crippen LogP contribution in [0.15, 0.2) is 65.8 Å². The molecule has 2 aromatic carbocycles. The molecule has 0 spiro atoms. The number of rotatable bonds is 2. The van der Waals surface area contributed by atoms with Crippen molar-refractivity contribution in [1.82, 2.24) is 5.43 Å². The number of benzene rings is 2. The molecule has 5 rings (SSSR count). The Bertz CT molecular complexity index is 839. The minimum absolute atomic E-state index is 0.209. The molecule has 2 saturated heterocycles. The van der Waals surface area contributed by atoms with Crippen LogP contribution in [0, 0.1) is 5.92 Å². The maximum Gasteiger partial charge on any atom is 0.331 e. The van der Waals surface area contributed by atoms with Gasteiger partial charge in [0.1, 0.15) is 6.10 Å². The van der Waals surface area contributed by atoms with Gasteiger partial charge in [0.15, 0.2) is 18.4 Å². The lowest BCUT2D eigenvalue weighted by atomic mass is 9.82. The summed E-state index contributed by atoms with van der Waals surface area (Å²) >= 11 is 0. The molecular formula is C20H18N2O4. The Morgan fingerprint density at radius 3 is 2.50 bits per heavy atom. The van der Waals surface area contributed by atoms with E-state index in [-0.39, 0.29) is 18.0 Å². The first-order valence-electron chi connectivity index (χ1n) is 8.72. The number of hydrogen-bond acceptors (Lipinski definition) is 6. The molecule has 0 bridgehead atoms. The van der Waals surface area contributed by atoms with Gasteiger partial charge in [-0.05, 0) is 5.56 Å². The topological polar surface area (TPSA) is 69.2 Å². The quantitative estimate of drug-likeness (QED) is 0.839. The fraction of sp³-hybridized carbons (Fsp3) is 0.300. The molecule has 0 amide bonds. The Morgan fingerprint density at radius 1 is 1.00 bits per heavy atom. The van der Waals surface area contributed by atoms with Crippen LogP contribution in [0.4, 0.5) is 0 Å². The SMILES string of the molecule is O=C1O[C@@H]2CO[C@@H](c3ccccc3)O[C@H]2[C@H]2C(c3ccccc3)=NN[C@@H]12. The molecule has 0 aromatic heterocycles. The van der Waals surface area contributed by atoms with Crippen LogP contribution in [0.5, 0.6) is 0 Å². The largest absolute Gasteiger partial charge is 0.456 e. The highest BCUT2D eigenvalue weighted by Gasteiger charge is 2.54. The van der Waals surface area contributed by atoms with E-state index in [1.54, 1.807) is 0 Å². The number of nitrogens with one attached hydrogen (secondary N) is 1. The summed E-state index contributed by atoms with van der Waals surface area (Å²) in [6.45, 7) is 0.307. The zero-order valence-electron chi connectivity index (χ0n) is 13.9. The maximum atomic E-state index is 12.4. The van der Waals surface area contributed by atoms with E-state index in [9.17, 15) is 4.79 Å². The molecular weight excluding hydrogens is 332 g/mol. The summed E-state index contributed by atoms with van der Waals surface area (Å²) in [6, 6.07) is 19.1. The first kappa shape index (κ1) is 15.5. The average molecular weight is 350 g/mol. The number of carbonyl (C=O) groups is 1. The summed E-state index contributed by atoms with van der Waals surface area (Å²) in [7, 11) is 0. The standard InChI is InChI=1S/C20H18N2O4/c23-19-17-15(16(21-22-17)12-7-3-1-4-8-12)18-14(25-19)11-24-20(26-18)13-9-5-2-6-10-13/h1-10,14-15,17-18,20,22H,11H2/t14-,15+,17-,18-,20-/m1/s1. The Morgan fingerprint density at radius 2 is 1.73 bits per heavy atom. The van der Waals surface area contributed by atoms with Crippen molar-refractivity contribution in [3.63, 3.8) is 0 Å². The van der Waals surface area contributed by atoms with E-state index in [0.29, 0.717) is 6.61 Å². The van der Waals surface area contributed by atoms with E-state index in [0.717, 1.165) is 16.8 Å². The first-order chi connectivity index (χ1) is 12.8. The first-order valence-corrected chi connectivity index (χ1v) is 8.72. The predicted octanol–water partition coefficient (Wildman–Crippen LogP) is 2.02. The van der Waals surface area contributed by atoms with Crippen LogP contribution in [-0.4, -0.2) is 36.5 Å². The molecule has 3 heterocycles. The van der Waals surface area contributed by atoms with Crippen LogP contribution < -0.4 is 5.43 Å². The van der Waals surface area contributed by atoms with Gasteiger partial charge < -0.3 is 14.2 Å². The van der Waals surface area contributed by atoms with Gasteiger partial charge in [-0.2, -0.15) is 5.10 Å². The lowest BCUT2D eigenvalue weighted by Crippen LogP contribution is -2.60. The fourth-order valence-electron chi connectivity index (χ4n) is 3.83. The van der Waals surface area contributed by atoms with Crippen molar-refractivity contribution in [3.05, 3.63) is 71.8 Å². The summed E-state index contributed by atoms with van der Waals surface area (Å²) in [4.78, 5) is 12.4. The average Bonchev–Trinajstić information content (AvgIpc) is 3.15. The third kappa shape index (κ3) is 2.50. The lowest BCUT2D eigenvalue weighted by Gasteiger charge is -2.43. The summed E-state index contributed by atoms with van der Waals surface area (Å²) in [5, 5.41) is 4.43. The van der Waals surface area contributed by atoms with E-state index in [4.69, 9.17) is 14.2 Å². The Kier molecular flexibility index (Phi) is 3.72. The minimum Gasteiger partial charge on any atom is -0.456 e. The number of ether oxygens (including phenoxy) is 3. The van der Waals surface area contributed by atoms with E-state index in [1.807, 2.05) is 60.7 Å². The third-order valence-electron chi connectivity index (χ3n) is 5.07. The molecule has 6 heteroatoms. The monoisotopic (exact) mass is 350 g/mol. The maximum absolute atomic E-state index is 12.4. The zero-order valence-corrected chi connectivity index (χ0v) is 13.9. The smallest absolute Gasteiger partial charge is 0.331 e. The van der Waals surface area contributed by atoms with Crippen molar-refractivity contribution in [2.75, 3.05) is 6.61 Å². The van der Waals surface area contributed by atoms with Crippen molar-refractivity contribution in [3.8, 4) is 0 Å². The number of fused-ring (bicyclic) bond motifs is 3. The molecule has 0 aliphatic carbocycles. The third-order valence-corrected chi connectivity index (χ3v) is 5.07. The molecule has 132 valence electrons. The van der Waals surface area contributed by atoms with Crippen LogP contribution in [0.25, 0.3) is 0 Å². The molecule has 0 radical (unpaired) electrons. The molecule has 3 aliphatic rings. The van der Waals surface area contributed by atoms with Crippen molar-refractivity contribution in [1.29, 1.82) is 0 Å². The molecule has 26 heavy (non-hydrogen) atoms. The fourth-order valence-corrected chi connectivity index (χ4v) is 3.83. The number of carbonyl (C=O) groups excluding carboxylic acids is 1. The van der Waals surface area contributed by atoms with Gasteiger partial charge in [0.2, 0.25) is 0 Å². The predicted molar refractivity (Wildman–Crippen MR) is 93.3 cm³/mol. The van der Waals surface area contributed by atoms with E-state index < -0.39 is 18.4 Å². The molecule has 6 nitrogen and oxygen atoms in total. The normalized spacial score (nSPS) is 32.7. The van der Waals surface area contributed by atoms with Crippen LogP contribution in [0.3, 0.4) is 0 Å². The summed E-state index contributed by atoms with van der Waals surface area (Å²) < 4.78 is 17.6. The van der Waals surface area contributed by atoms with Crippen LogP contribution in [-0.2, 0) is 19.0 Å². The summed E-state index contributed by atoms with van der Waals surface area (Å²) in [5.74, 6) is -0.518. The van der Waals surface area contributed by atoms with Gasteiger partial charge in [0, 0.05) is 5.56 Å². The molecule has 5 atom stereocenters. The second-order valence-corrected chi connectivity index (χ2v) is 6.65. The highest BCUT2D eigenvalue weighted by Crippen LogP contribution is 2.38. The van der Waals surface area contributed by atoms with Gasteiger partial charge >= 0.3 is 5.97 Å². The second-order valence-electron chi connectivity index (χ2n) is 6.65. The molecule has 2 aromatic rings. The zero-order chi connectivity index (χ0) is 17.5. The van der Waals surface area contributed by atoms with Gasteiger partial charge in [0.25, 0.3) is 0 Å². The lowest BCUT2D eigenvalue weighted by molar-refractivity contribution is -0.279. The molecule has 3 aliphatic heterocycles. The van der Waals surface area contributed by atoms with E-state index >= 15 is 0 Å². The van der Waals surface area contributed by atoms with Gasteiger partial charge in [-0.25, -0.2) is 4.79 Å². The Labute approximate surface area is 150 Å². The van der Waals surface area contributed by atoms with Crippen molar-refractivity contribution >= 4 is 11.7 Å². The minimum atomic E-state index is -0.527. The number of hydrazone groups is 1. The number of hydrogen-bond donors (Lipinski definition) is 1. The van der Waals surface area contributed by atoms with Gasteiger partial charge in [-0.15, -0.1) is 0 Å². The Hall–Kier alpha value is -2.70. The van der Waals surface area contributed by atoms with E-state index in [1.165, 1.54) is 0 Å². The van der Waals surface area contributed by atoms with Crippen LogP contribution >= 0.6 is 0 Å². The molecule has 0 saturated carbocycles. The van der Waals surface area contributed by atoms with Crippen molar-refractivity contribution in [2.24, 2.45) is 11.0 Å². The number of esters is 1. The number of nitrogens with zero attached hydrogens (tertiary/aromatic N) is 1. The summed E-state index contributed by atoms with van der Waals surface area (Å²) in [6.07, 6.45) is -1.23. The summed E-state index contributed by atoms with van der Waals surface area (Å²) in [5.41, 5.74) is 5.69. The van der Waals surface area contributed by atoms with Gasteiger partial charge in [-0.3, -0.25) is 5.43 Å². The van der Waals surface area contributed by atoms with Crippen LogP contribution in [0.1, 0.15) is 17.4 Å². The van der Waals surface area contributed by atoms with E-state index in [2.05, 4.69) is 10.5 Å².